The highest BCUT2D eigenvalue weighted by molar-refractivity contribution is 6.06. The van der Waals surface area contributed by atoms with Crippen molar-refractivity contribution in [2.45, 2.75) is 44.6 Å². The smallest absolute Gasteiger partial charge is 0.259 e. The zero-order valence-corrected chi connectivity index (χ0v) is 18.1. The van der Waals surface area contributed by atoms with Crippen LogP contribution in [0, 0.1) is 0 Å². The standard InChI is InChI=1S/C21H26N6O2.ClH/c1-3-4-15-18-14(11-16(13-5-6-13)24-20(18)29-25-15)21(28)27-10-7-22-12-17(27)19-23-8-9-26(19)2;/h8-9,11,13,17,22H,3-7,10,12H2,1-2H3;1H. The van der Waals surface area contributed by atoms with Gasteiger partial charge in [0, 0.05) is 50.7 Å². The number of amides is 1. The third-order valence-corrected chi connectivity index (χ3v) is 5.91. The number of nitrogens with one attached hydrogen (secondary N) is 1. The summed E-state index contributed by atoms with van der Waals surface area (Å²) in [7, 11) is 1.97. The Morgan fingerprint density at radius 2 is 2.20 bits per heavy atom. The zero-order chi connectivity index (χ0) is 20.0. The summed E-state index contributed by atoms with van der Waals surface area (Å²) in [6.45, 7) is 4.18. The minimum atomic E-state index is -0.113. The Morgan fingerprint density at radius 1 is 1.37 bits per heavy atom. The van der Waals surface area contributed by atoms with Crippen molar-refractivity contribution in [3.63, 3.8) is 0 Å². The quantitative estimate of drug-likeness (QED) is 0.669. The SMILES string of the molecule is CCCc1noc2nc(C3CC3)cc(C(=O)N3CCNCC3c3nccn3C)c12.Cl. The van der Waals surface area contributed by atoms with E-state index < -0.39 is 0 Å². The second-order valence-corrected chi connectivity index (χ2v) is 8.04. The Labute approximate surface area is 181 Å². The first-order valence-corrected chi connectivity index (χ1v) is 10.5. The number of piperazine rings is 1. The lowest BCUT2D eigenvalue weighted by Gasteiger charge is -2.36. The van der Waals surface area contributed by atoms with Crippen molar-refractivity contribution >= 4 is 29.4 Å². The number of carbonyl (C=O) groups is 1. The minimum absolute atomic E-state index is 0. The lowest BCUT2D eigenvalue weighted by atomic mass is 10.0. The Bertz CT molecular complexity index is 1060. The van der Waals surface area contributed by atoms with E-state index in [0.29, 0.717) is 30.3 Å². The molecule has 2 fully saturated rings. The number of imidazole rings is 1. The van der Waals surface area contributed by atoms with Gasteiger partial charge in [-0.25, -0.2) is 9.97 Å². The molecule has 1 aliphatic heterocycles. The average molecular weight is 431 g/mol. The number of aryl methyl sites for hydroxylation is 2. The van der Waals surface area contributed by atoms with E-state index in [1.165, 1.54) is 0 Å². The van der Waals surface area contributed by atoms with Crippen LogP contribution in [-0.4, -0.2) is 50.1 Å². The molecule has 8 nitrogen and oxygen atoms in total. The molecule has 1 saturated heterocycles. The summed E-state index contributed by atoms with van der Waals surface area (Å²) in [6, 6.07) is 1.87. The number of pyridine rings is 1. The van der Waals surface area contributed by atoms with Crippen LogP contribution >= 0.6 is 12.4 Å². The van der Waals surface area contributed by atoms with Crippen LogP contribution in [-0.2, 0) is 13.5 Å². The first-order chi connectivity index (χ1) is 14.2. The molecular weight excluding hydrogens is 404 g/mol. The topological polar surface area (TPSA) is 89.1 Å². The molecule has 3 aromatic rings. The van der Waals surface area contributed by atoms with Gasteiger partial charge in [0.1, 0.15) is 11.9 Å². The number of rotatable bonds is 5. The van der Waals surface area contributed by atoms with Gasteiger partial charge < -0.3 is 19.3 Å². The van der Waals surface area contributed by atoms with Crippen LogP contribution in [0.25, 0.3) is 11.1 Å². The summed E-state index contributed by atoms with van der Waals surface area (Å²) in [5.41, 5.74) is 2.93. The predicted molar refractivity (Wildman–Crippen MR) is 115 cm³/mol. The molecule has 1 aliphatic carbocycles. The van der Waals surface area contributed by atoms with Crippen LogP contribution in [0.15, 0.2) is 23.0 Å². The molecule has 5 rings (SSSR count). The lowest BCUT2D eigenvalue weighted by Crippen LogP contribution is -2.49. The Balaban J connectivity index is 0.00000218. The number of hydrogen-bond acceptors (Lipinski definition) is 6. The van der Waals surface area contributed by atoms with Gasteiger partial charge in [-0.15, -0.1) is 12.4 Å². The molecule has 1 N–H and O–H groups in total. The number of carbonyl (C=O) groups excluding carboxylic acids is 1. The van der Waals surface area contributed by atoms with Crippen LogP contribution < -0.4 is 5.32 Å². The van der Waals surface area contributed by atoms with Gasteiger partial charge in [-0.05, 0) is 25.3 Å². The van der Waals surface area contributed by atoms with Crippen LogP contribution in [0.3, 0.4) is 0 Å². The van der Waals surface area contributed by atoms with Crippen molar-refractivity contribution in [1.82, 2.24) is 29.9 Å². The van der Waals surface area contributed by atoms with E-state index in [9.17, 15) is 4.79 Å². The first kappa shape index (κ1) is 20.8. The molecule has 1 amide bonds. The molecule has 4 heterocycles. The second-order valence-electron chi connectivity index (χ2n) is 8.04. The maximum Gasteiger partial charge on any atom is 0.259 e. The molecule has 1 saturated carbocycles. The van der Waals surface area contributed by atoms with Crippen LogP contribution in [0.2, 0.25) is 0 Å². The number of aromatic nitrogens is 4. The normalized spacial score (nSPS) is 19.1. The van der Waals surface area contributed by atoms with Gasteiger partial charge in [0.05, 0.1) is 16.6 Å². The van der Waals surface area contributed by atoms with Crippen molar-refractivity contribution in [1.29, 1.82) is 0 Å². The molecule has 2 aliphatic rings. The summed E-state index contributed by atoms with van der Waals surface area (Å²) in [5, 5.41) is 8.42. The molecule has 1 atom stereocenters. The summed E-state index contributed by atoms with van der Waals surface area (Å²) in [5.74, 6) is 1.32. The largest absolute Gasteiger partial charge is 0.336 e. The summed E-state index contributed by atoms with van der Waals surface area (Å²) in [4.78, 5) is 25.0. The van der Waals surface area contributed by atoms with Gasteiger partial charge in [0.25, 0.3) is 11.6 Å². The number of hydrogen-bond donors (Lipinski definition) is 1. The van der Waals surface area contributed by atoms with Crippen molar-refractivity contribution in [2.75, 3.05) is 19.6 Å². The van der Waals surface area contributed by atoms with Gasteiger partial charge in [-0.3, -0.25) is 4.79 Å². The Hall–Kier alpha value is -2.45. The van der Waals surface area contributed by atoms with E-state index in [-0.39, 0.29) is 24.4 Å². The summed E-state index contributed by atoms with van der Waals surface area (Å²) >= 11 is 0. The van der Waals surface area contributed by atoms with E-state index in [1.807, 2.05) is 28.8 Å². The molecule has 0 bridgehead atoms. The molecule has 3 aromatic heterocycles. The molecule has 0 aromatic carbocycles. The Kier molecular flexibility index (Phi) is 5.79. The van der Waals surface area contributed by atoms with Crippen LogP contribution in [0.4, 0.5) is 0 Å². The molecule has 30 heavy (non-hydrogen) atoms. The van der Waals surface area contributed by atoms with Crippen LogP contribution in [0.1, 0.15) is 65.7 Å². The van der Waals surface area contributed by atoms with Gasteiger partial charge in [-0.2, -0.15) is 0 Å². The predicted octanol–water partition coefficient (Wildman–Crippen LogP) is 2.99. The highest BCUT2D eigenvalue weighted by Crippen LogP contribution is 2.41. The monoisotopic (exact) mass is 430 g/mol. The highest BCUT2D eigenvalue weighted by atomic mass is 35.5. The van der Waals surface area contributed by atoms with Crippen molar-refractivity contribution in [3.8, 4) is 0 Å². The van der Waals surface area contributed by atoms with E-state index >= 15 is 0 Å². The fourth-order valence-electron chi connectivity index (χ4n) is 4.22. The lowest BCUT2D eigenvalue weighted by molar-refractivity contribution is 0.0622. The highest BCUT2D eigenvalue weighted by Gasteiger charge is 2.34. The number of nitrogens with zero attached hydrogens (tertiary/aromatic N) is 5. The molecule has 0 radical (unpaired) electrons. The van der Waals surface area contributed by atoms with Gasteiger partial charge in [-0.1, -0.05) is 18.5 Å². The minimum Gasteiger partial charge on any atom is -0.336 e. The maximum absolute atomic E-state index is 13.8. The van der Waals surface area contributed by atoms with Gasteiger partial charge >= 0.3 is 0 Å². The van der Waals surface area contributed by atoms with Crippen LogP contribution in [0.5, 0.6) is 0 Å². The zero-order valence-electron chi connectivity index (χ0n) is 17.3. The summed E-state index contributed by atoms with van der Waals surface area (Å²) in [6.07, 6.45) is 7.63. The van der Waals surface area contributed by atoms with Gasteiger partial charge in [0.2, 0.25) is 0 Å². The molecule has 1 unspecified atom stereocenters. The van der Waals surface area contributed by atoms with Crippen molar-refractivity contribution < 1.29 is 9.32 Å². The van der Waals surface area contributed by atoms with E-state index in [2.05, 4.69) is 27.4 Å². The van der Waals surface area contributed by atoms with Gasteiger partial charge in [0.15, 0.2) is 0 Å². The Morgan fingerprint density at radius 3 is 2.90 bits per heavy atom. The molecule has 0 spiro atoms. The molecule has 160 valence electrons. The molecular formula is C21H27ClN6O2. The average Bonchev–Trinajstić information content (AvgIpc) is 3.39. The van der Waals surface area contributed by atoms with E-state index in [1.54, 1.807) is 6.20 Å². The van der Waals surface area contributed by atoms with Crippen molar-refractivity contribution in [2.24, 2.45) is 7.05 Å². The first-order valence-electron chi connectivity index (χ1n) is 10.5. The molecule has 9 heteroatoms. The fraction of sp³-hybridized carbons (Fsp3) is 0.524. The second kappa shape index (κ2) is 8.35. The third kappa shape index (κ3) is 3.58. The van der Waals surface area contributed by atoms with Crippen molar-refractivity contribution in [3.05, 3.63) is 41.2 Å². The van der Waals surface area contributed by atoms with E-state index in [4.69, 9.17) is 4.52 Å². The maximum atomic E-state index is 13.8. The van der Waals surface area contributed by atoms with E-state index in [0.717, 1.165) is 54.8 Å². The number of halogens is 1. The summed E-state index contributed by atoms with van der Waals surface area (Å²) < 4.78 is 7.54. The number of fused-ring (bicyclic) bond motifs is 1. The fourth-order valence-corrected chi connectivity index (χ4v) is 4.22. The third-order valence-electron chi connectivity index (χ3n) is 5.91.